The zero-order valence-electron chi connectivity index (χ0n) is 17.4. The summed E-state index contributed by atoms with van der Waals surface area (Å²) in [5.74, 6) is 0.682. The van der Waals surface area contributed by atoms with Crippen molar-refractivity contribution in [2.45, 2.75) is 11.8 Å². The number of ether oxygens (including phenoxy) is 2. The van der Waals surface area contributed by atoms with Crippen LogP contribution in [0.2, 0.25) is 0 Å². The lowest BCUT2D eigenvalue weighted by Crippen LogP contribution is -2.36. The summed E-state index contributed by atoms with van der Waals surface area (Å²) in [5, 5.41) is 2.99. The Morgan fingerprint density at radius 1 is 1.14 bits per heavy atom. The average Bonchev–Trinajstić information content (AvgIpc) is 3.27. The van der Waals surface area contributed by atoms with Crippen molar-refractivity contribution >= 4 is 17.3 Å². The maximum absolute atomic E-state index is 12.9. The molecule has 0 saturated carbocycles. The van der Waals surface area contributed by atoms with Crippen molar-refractivity contribution in [3.63, 3.8) is 0 Å². The van der Waals surface area contributed by atoms with Gasteiger partial charge >= 0.3 is 0 Å². The van der Waals surface area contributed by atoms with Gasteiger partial charge in [0.1, 0.15) is 5.75 Å². The second kappa shape index (κ2) is 8.05. The summed E-state index contributed by atoms with van der Waals surface area (Å²) in [6.45, 7) is 4.78. The molecule has 2 heterocycles. The van der Waals surface area contributed by atoms with Crippen LogP contribution in [0.25, 0.3) is 0 Å². The highest BCUT2D eigenvalue weighted by Gasteiger charge is 2.46. The Labute approximate surface area is 172 Å². The molecular weight excluding hydrogens is 366 g/mol. The van der Waals surface area contributed by atoms with Crippen molar-refractivity contribution in [2.75, 3.05) is 64.3 Å². The molecule has 4 rings (SSSR count). The van der Waals surface area contributed by atoms with Gasteiger partial charge in [-0.2, -0.15) is 0 Å². The molecule has 0 aliphatic carbocycles. The summed E-state index contributed by atoms with van der Waals surface area (Å²) in [5.41, 5.74) is 4.08. The smallest absolute Gasteiger partial charge is 0.255 e. The highest BCUT2D eigenvalue weighted by Crippen LogP contribution is 2.46. The minimum absolute atomic E-state index is 0.0862. The van der Waals surface area contributed by atoms with Crippen LogP contribution in [0.3, 0.4) is 0 Å². The molecule has 1 amide bonds. The number of methoxy groups -OCH3 is 2. The molecular formula is C23H29N3O3. The van der Waals surface area contributed by atoms with Gasteiger partial charge in [-0.05, 0) is 61.0 Å². The highest BCUT2D eigenvalue weighted by atomic mass is 16.5. The van der Waals surface area contributed by atoms with Gasteiger partial charge in [-0.1, -0.05) is 0 Å². The van der Waals surface area contributed by atoms with E-state index in [-0.39, 0.29) is 11.3 Å². The minimum Gasteiger partial charge on any atom is -0.497 e. The van der Waals surface area contributed by atoms with Gasteiger partial charge in [-0.25, -0.2) is 0 Å². The zero-order valence-corrected chi connectivity index (χ0v) is 17.4. The predicted molar refractivity (Wildman–Crippen MR) is 115 cm³/mol. The van der Waals surface area contributed by atoms with Gasteiger partial charge in [0, 0.05) is 56.1 Å². The van der Waals surface area contributed by atoms with Crippen LogP contribution in [0, 0.1) is 0 Å². The fourth-order valence-corrected chi connectivity index (χ4v) is 4.66. The van der Waals surface area contributed by atoms with Gasteiger partial charge in [0.05, 0.1) is 13.7 Å². The third kappa shape index (κ3) is 3.82. The fraction of sp³-hybridized carbons (Fsp3) is 0.435. The number of rotatable bonds is 6. The molecule has 1 saturated heterocycles. The van der Waals surface area contributed by atoms with E-state index in [0.717, 1.165) is 50.6 Å². The van der Waals surface area contributed by atoms with E-state index in [9.17, 15) is 4.79 Å². The van der Waals surface area contributed by atoms with E-state index in [1.807, 2.05) is 30.3 Å². The van der Waals surface area contributed by atoms with E-state index in [1.54, 1.807) is 14.2 Å². The minimum atomic E-state index is -0.0862. The van der Waals surface area contributed by atoms with E-state index >= 15 is 0 Å². The van der Waals surface area contributed by atoms with Crippen LogP contribution in [-0.2, 0) is 10.2 Å². The molecule has 0 aromatic heterocycles. The van der Waals surface area contributed by atoms with Crippen molar-refractivity contribution in [1.82, 2.24) is 4.90 Å². The van der Waals surface area contributed by atoms with Gasteiger partial charge in [0.15, 0.2) is 0 Å². The first-order valence-electron chi connectivity index (χ1n) is 10.1. The lowest BCUT2D eigenvalue weighted by molar-refractivity contribution is 0.102. The van der Waals surface area contributed by atoms with Crippen molar-refractivity contribution in [3.05, 3.63) is 53.6 Å². The van der Waals surface area contributed by atoms with E-state index in [4.69, 9.17) is 9.47 Å². The average molecular weight is 396 g/mol. The lowest BCUT2D eigenvalue weighted by atomic mass is 9.81. The number of benzene rings is 2. The Morgan fingerprint density at radius 2 is 1.93 bits per heavy atom. The highest BCUT2D eigenvalue weighted by molar-refractivity contribution is 6.04. The molecule has 2 aromatic carbocycles. The molecule has 1 spiro atoms. The second-order valence-corrected chi connectivity index (χ2v) is 8.07. The van der Waals surface area contributed by atoms with Crippen LogP contribution in [0.15, 0.2) is 42.5 Å². The number of hydrogen-bond acceptors (Lipinski definition) is 5. The Bertz CT molecular complexity index is 883. The van der Waals surface area contributed by atoms with Gasteiger partial charge in [-0.3, -0.25) is 4.79 Å². The molecule has 0 bridgehead atoms. The van der Waals surface area contributed by atoms with Gasteiger partial charge in [-0.15, -0.1) is 0 Å². The summed E-state index contributed by atoms with van der Waals surface area (Å²) < 4.78 is 10.4. The van der Waals surface area contributed by atoms with E-state index in [2.05, 4.69) is 34.3 Å². The van der Waals surface area contributed by atoms with Crippen molar-refractivity contribution in [1.29, 1.82) is 0 Å². The summed E-state index contributed by atoms with van der Waals surface area (Å²) >= 11 is 0. The first-order chi connectivity index (χ1) is 14.0. The van der Waals surface area contributed by atoms with E-state index < -0.39 is 0 Å². The molecule has 6 nitrogen and oxygen atoms in total. The van der Waals surface area contributed by atoms with Crippen LogP contribution in [0.4, 0.5) is 11.4 Å². The van der Waals surface area contributed by atoms with Crippen LogP contribution >= 0.6 is 0 Å². The zero-order chi connectivity index (χ0) is 20.4. The number of carbonyl (C=O) groups excluding carboxylic acids is 1. The summed E-state index contributed by atoms with van der Waals surface area (Å²) in [6, 6.07) is 13.5. The summed E-state index contributed by atoms with van der Waals surface area (Å²) in [6.07, 6.45) is 1.11. The number of nitrogens with one attached hydrogen (secondary N) is 1. The molecule has 1 N–H and O–H groups in total. The van der Waals surface area contributed by atoms with Crippen LogP contribution in [0.1, 0.15) is 22.3 Å². The summed E-state index contributed by atoms with van der Waals surface area (Å²) in [7, 11) is 5.52. The van der Waals surface area contributed by atoms with Crippen LogP contribution in [-0.4, -0.2) is 64.9 Å². The first-order valence-corrected chi connectivity index (χ1v) is 10.1. The SMILES string of the molecule is COCCN1CCC2(C1)CN(C)c1ccc(C(=O)Nc3ccc(OC)cc3)cc12. The standard InChI is InChI=1S/C23H29N3O3/c1-25-15-23(10-11-26(16-23)12-13-28-2)20-14-17(4-9-21(20)25)22(27)24-18-5-7-19(29-3)8-6-18/h4-9,14H,10-13,15-16H2,1-3H3,(H,24,27). The van der Waals surface area contributed by atoms with Crippen molar-refractivity contribution in [2.24, 2.45) is 0 Å². The molecule has 2 aliphatic heterocycles. The third-order valence-electron chi connectivity index (χ3n) is 6.17. The Balaban J connectivity index is 1.54. The molecule has 2 aliphatic rings. The third-order valence-corrected chi connectivity index (χ3v) is 6.17. The molecule has 2 aromatic rings. The number of likely N-dealkylation sites (tertiary alicyclic amines) is 1. The molecule has 6 heteroatoms. The first kappa shape index (κ1) is 19.7. The number of nitrogens with zero attached hydrogens (tertiary/aromatic N) is 2. The molecule has 29 heavy (non-hydrogen) atoms. The Hall–Kier alpha value is -2.57. The number of anilines is 2. The quantitative estimate of drug-likeness (QED) is 0.815. The number of amides is 1. The lowest BCUT2D eigenvalue weighted by Gasteiger charge is -2.25. The van der Waals surface area contributed by atoms with Gasteiger partial charge in [0.2, 0.25) is 0 Å². The number of likely N-dealkylation sites (N-methyl/N-ethyl adjacent to an activating group) is 1. The number of hydrogen-bond donors (Lipinski definition) is 1. The van der Waals surface area contributed by atoms with Crippen LogP contribution in [0.5, 0.6) is 5.75 Å². The van der Waals surface area contributed by atoms with Crippen molar-refractivity contribution < 1.29 is 14.3 Å². The second-order valence-electron chi connectivity index (χ2n) is 8.07. The van der Waals surface area contributed by atoms with Crippen molar-refractivity contribution in [3.8, 4) is 5.75 Å². The fourth-order valence-electron chi connectivity index (χ4n) is 4.66. The Kier molecular flexibility index (Phi) is 5.48. The topological polar surface area (TPSA) is 54.0 Å². The molecule has 1 fully saturated rings. The molecule has 1 unspecified atom stereocenters. The largest absolute Gasteiger partial charge is 0.497 e. The maximum atomic E-state index is 12.9. The number of carbonyl (C=O) groups is 1. The predicted octanol–water partition coefficient (Wildman–Crippen LogP) is 2.99. The maximum Gasteiger partial charge on any atom is 0.255 e. The van der Waals surface area contributed by atoms with E-state index in [1.165, 1.54) is 11.3 Å². The number of fused-ring (bicyclic) bond motifs is 2. The molecule has 1 atom stereocenters. The van der Waals surface area contributed by atoms with Gasteiger partial charge in [0.25, 0.3) is 5.91 Å². The molecule has 154 valence electrons. The summed E-state index contributed by atoms with van der Waals surface area (Å²) in [4.78, 5) is 17.7. The van der Waals surface area contributed by atoms with Crippen LogP contribution < -0.4 is 15.0 Å². The Morgan fingerprint density at radius 3 is 2.66 bits per heavy atom. The van der Waals surface area contributed by atoms with Gasteiger partial charge < -0.3 is 24.6 Å². The molecule has 0 radical (unpaired) electrons. The monoisotopic (exact) mass is 395 g/mol. The van der Waals surface area contributed by atoms with E-state index in [0.29, 0.717) is 5.56 Å². The normalized spacial score (nSPS) is 20.9.